The average Bonchev–Trinajstić information content (AvgIpc) is 3.14. The van der Waals surface area contributed by atoms with Crippen molar-refractivity contribution in [3.8, 4) is 0 Å². The molecule has 0 fully saturated rings. The van der Waals surface area contributed by atoms with E-state index in [1.54, 1.807) is 61.7 Å². The number of ketones is 2. The summed E-state index contributed by atoms with van der Waals surface area (Å²) in [5, 5.41) is 10.5. The van der Waals surface area contributed by atoms with E-state index in [0.717, 1.165) is 23.1 Å². The summed E-state index contributed by atoms with van der Waals surface area (Å²) in [7, 11) is -2.31. The lowest BCUT2D eigenvalue weighted by Crippen LogP contribution is -2.43. The highest BCUT2D eigenvalue weighted by atomic mass is 32.2. The smallest absolute Gasteiger partial charge is 0.224 e. The fourth-order valence-corrected chi connectivity index (χ4v) is 7.26. The van der Waals surface area contributed by atoms with Gasteiger partial charge in [-0.2, -0.15) is 0 Å². The number of nitrogens with one attached hydrogen (secondary N) is 3. The van der Waals surface area contributed by atoms with Gasteiger partial charge in [-0.1, -0.05) is 98.1 Å². The van der Waals surface area contributed by atoms with Gasteiger partial charge >= 0.3 is 0 Å². The first kappa shape index (κ1) is 43.1. The Morgan fingerprint density at radius 2 is 1.51 bits per heavy atom. The van der Waals surface area contributed by atoms with Gasteiger partial charge in [-0.05, 0) is 41.5 Å². The van der Waals surface area contributed by atoms with E-state index < -0.39 is 22.0 Å². The van der Waals surface area contributed by atoms with Crippen LogP contribution >= 0.6 is 0 Å². The van der Waals surface area contributed by atoms with Crippen molar-refractivity contribution in [3.05, 3.63) is 107 Å². The highest BCUT2D eigenvalue weighted by Crippen LogP contribution is 2.19. The summed E-state index contributed by atoms with van der Waals surface area (Å²) in [5.74, 6) is -1.71. The third-order valence-electron chi connectivity index (χ3n) is 8.82. The Balaban J connectivity index is 1.70. The monoisotopic (exact) mass is 749 g/mol. The topological polar surface area (TPSA) is 204 Å². The lowest BCUT2D eigenvalue weighted by Gasteiger charge is -2.22. The highest BCUT2D eigenvalue weighted by Gasteiger charge is 2.29. The van der Waals surface area contributed by atoms with Crippen LogP contribution < -0.4 is 21.5 Å². The molecule has 1 amide bonds. The molecule has 0 aliphatic rings. The molecular formula is C40H55N5O7S. The Morgan fingerprint density at radius 3 is 2.21 bits per heavy atom. The standard InChI is InChI=1S/C40H55N5O7S/c1-51-22-23-52-21-20-36(46)14-7-2-3-8-15-37(45-53(49,50)29-31-10-5-4-6-11-31)38(47)26-35(25-32-12-9-13-33(24-32)27-41)40(48)44-28-30-16-18-34(19-17-30)39(42)43/h4-6,9-13,16-19,24,35,37,45H,2-3,7-8,14-15,20-23,25-29,41H2,1H3,(H3,42,43)(H,44,48)/t35-,37-/m1/s1. The van der Waals surface area contributed by atoms with Gasteiger partial charge in [0.25, 0.3) is 0 Å². The zero-order valence-corrected chi connectivity index (χ0v) is 31.5. The maximum Gasteiger partial charge on any atom is 0.224 e. The van der Waals surface area contributed by atoms with Gasteiger partial charge in [0.15, 0.2) is 5.78 Å². The summed E-state index contributed by atoms with van der Waals surface area (Å²) in [4.78, 5) is 40.0. The number of amides is 1. The van der Waals surface area contributed by atoms with Gasteiger partial charge < -0.3 is 26.3 Å². The summed E-state index contributed by atoms with van der Waals surface area (Å²) in [6.07, 6.45) is 3.83. The minimum Gasteiger partial charge on any atom is -0.384 e. The molecule has 3 aromatic rings. The highest BCUT2D eigenvalue weighted by molar-refractivity contribution is 7.88. The van der Waals surface area contributed by atoms with Crippen LogP contribution in [-0.4, -0.2) is 64.7 Å². The van der Waals surface area contributed by atoms with Crippen LogP contribution in [0.25, 0.3) is 0 Å². The Labute approximate surface area is 314 Å². The molecule has 288 valence electrons. The van der Waals surface area contributed by atoms with Crippen molar-refractivity contribution < 1.29 is 32.3 Å². The Bertz CT molecular complexity index is 1700. The van der Waals surface area contributed by atoms with Crippen LogP contribution in [0.3, 0.4) is 0 Å². The first-order valence-electron chi connectivity index (χ1n) is 18.1. The number of rotatable bonds is 27. The summed E-state index contributed by atoms with van der Waals surface area (Å²) >= 11 is 0. The maximum atomic E-state index is 14.0. The molecule has 0 unspecified atom stereocenters. The van der Waals surface area contributed by atoms with E-state index in [-0.39, 0.29) is 54.9 Å². The van der Waals surface area contributed by atoms with Gasteiger partial charge in [0.2, 0.25) is 15.9 Å². The number of carbonyl (C=O) groups is 3. The number of hydrogen-bond donors (Lipinski definition) is 5. The molecule has 0 aromatic heterocycles. The van der Waals surface area contributed by atoms with Crippen LogP contribution in [0, 0.1) is 11.3 Å². The number of Topliss-reactive ketones (excluding diaryl/α,β-unsaturated/α-hetero) is 2. The summed E-state index contributed by atoms with van der Waals surface area (Å²) in [5.41, 5.74) is 15.1. The molecule has 0 aliphatic heterocycles. The molecule has 0 heterocycles. The van der Waals surface area contributed by atoms with Crippen molar-refractivity contribution in [1.82, 2.24) is 10.0 Å². The van der Waals surface area contributed by atoms with E-state index in [0.29, 0.717) is 69.6 Å². The second kappa shape index (κ2) is 23.4. The third-order valence-corrected chi connectivity index (χ3v) is 10.2. The molecule has 0 saturated carbocycles. The molecule has 0 aliphatic carbocycles. The molecule has 7 N–H and O–H groups in total. The summed E-state index contributed by atoms with van der Waals surface area (Å²) < 4.78 is 39.7. The van der Waals surface area contributed by atoms with Gasteiger partial charge in [0.1, 0.15) is 11.6 Å². The van der Waals surface area contributed by atoms with E-state index >= 15 is 0 Å². The zero-order chi connectivity index (χ0) is 38.5. The molecule has 0 spiro atoms. The summed E-state index contributed by atoms with van der Waals surface area (Å²) in [6, 6.07) is 22.2. The van der Waals surface area contributed by atoms with Gasteiger partial charge in [-0.3, -0.25) is 19.8 Å². The molecule has 12 nitrogen and oxygen atoms in total. The van der Waals surface area contributed by atoms with Crippen molar-refractivity contribution in [2.75, 3.05) is 26.9 Å². The van der Waals surface area contributed by atoms with Crippen LogP contribution in [0.4, 0.5) is 0 Å². The van der Waals surface area contributed by atoms with Crippen molar-refractivity contribution >= 4 is 33.3 Å². The number of amidine groups is 1. The predicted octanol–water partition coefficient (Wildman–Crippen LogP) is 4.31. The van der Waals surface area contributed by atoms with E-state index in [2.05, 4.69) is 10.0 Å². The Morgan fingerprint density at radius 1 is 0.811 bits per heavy atom. The Hall–Kier alpha value is -4.27. The minimum absolute atomic E-state index is 0.0569. The van der Waals surface area contributed by atoms with E-state index in [9.17, 15) is 22.8 Å². The molecule has 0 saturated heterocycles. The van der Waals surface area contributed by atoms with Crippen LogP contribution in [-0.2, 0) is 59.1 Å². The maximum absolute atomic E-state index is 14.0. The van der Waals surface area contributed by atoms with E-state index in [1.807, 2.05) is 24.3 Å². The van der Waals surface area contributed by atoms with Crippen LogP contribution in [0.1, 0.15) is 79.2 Å². The average molecular weight is 750 g/mol. The van der Waals surface area contributed by atoms with Crippen LogP contribution in [0.2, 0.25) is 0 Å². The largest absolute Gasteiger partial charge is 0.384 e. The first-order chi connectivity index (χ1) is 25.5. The minimum atomic E-state index is -3.91. The van der Waals surface area contributed by atoms with Crippen molar-refractivity contribution in [2.24, 2.45) is 17.4 Å². The number of methoxy groups -OCH3 is 1. The number of carbonyl (C=O) groups excluding carboxylic acids is 3. The molecule has 0 radical (unpaired) electrons. The zero-order valence-electron chi connectivity index (χ0n) is 30.7. The lowest BCUT2D eigenvalue weighted by atomic mass is 9.89. The molecule has 53 heavy (non-hydrogen) atoms. The van der Waals surface area contributed by atoms with Crippen molar-refractivity contribution in [2.45, 2.75) is 82.7 Å². The number of ether oxygens (including phenoxy) is 2. The molecule has 2 atom stereocenters. The molecule has 0 bridgehead atoms. The molecule has 13 heteroatoms. The van der Waals surface area contributed by atoms with Crippen molar-refractivity contribution in [1.29, 1.82) is 5.41 Å². The number of nitrogen functional groups attached to an aromatic ring is 1. The molecular weight excluding hydrogens is 695 g/mol. The van der Waals surface area contributed by atoms with Crippen LogP contribution in [0.15, 0.2) is 78.9 Å². The second-order valence-corrected chi connectivity index (χ2v) is 14.9. The number of benzene rings is 3. The Kier molecular flexibility index (Phi) is 19.1. The fraction of sp³-hybridized carbons (Fsp3) is 0.450. The summed E-state index contributed by atoms with van der Waals surface area (Å²) in [6.45, 7) is 1.81. The normalized spacial score (nSPS) is 12.6. The van der Waals surface area contributed by atoms with Gasteiger partial charge in [0, 0.05) is 50.9 Å². The number of hydrogen-bond acceptors (Lipinski definition) is 9. The van der Waals surface area contributed by atoms with Gasteiger partial charge in [0.05, 0.1) is 31.6 Å². The quantitative estimate of drug-likeness (QED) is 0.0427. The van der Waals surface area contributed by atoms with Crippen LogP contribution in [0.5, 0.6) is 0 Å². The van der Waals surface area contributed by atoms with Gasteiger partial charge in [-0.25, -0.2) is 13.1 Å². The number of sulfonamides is 1. The predicted molar refractivity (Wildman–Crippen MR) is 206 cm³/mol. The second-order valence-electron chi connectivity index (χ2n) is 13.2. The lowest BCUT2D eigenvalue weighted by molar-refractivity contribution is -0.130. The number of unbranched alkanes of at least 4 members (excludes halogenated alkanes) is 3. The van der Waals surface area contributed by atoms with Gasteiger partial charge in [-0.15, -0.1) is 0 Å². The molecule has 3 rings (SSSR count). The van der Waals surface area contributed by atoms with E-state index in [4.69, 9.17) is 26.4 Å². The van der Waals surface area contributed by atoms with E-state index in [1.165, 1.54) is 0 Å². The number of nitrogens with two attached hydrogens (primary N) is 2. The first-order valence-corrected chi connectivity index (χ1v) is 19.8. The SMILES string of the molecule is COCCOCCC(=O)CCCCCC[C@@H](NS(=O)(=O)Cc1ccccc1)C(=O)C[C@@H](Cc1cccc(CN)c1)C(=O)NCc1ccc(C(=N)N)cc1. The van der Waals surface area contributed by atoms with Crippen molar-refractivity contribution in [3.63, 3.8) is 0 Å². The molecule has 3 aromatic carbocycles. The fourth-order valence-electron chi connectivity index (χ4n) is 5.86. The third kappa shape index (κ3) is 17.0.